The summed E-state index contributed by atoms with van der Waals surface area (Å²) in [6.07, 6.45) is 1.25. The molecule has 0 aromatic rings. The molecule has 2 unspecified atom stereocenters. The fourth-order valence-electron chi connectivity index (χ4n) is 3.60. The lowest BCUT2D eigenvalue weighted by molar-refractivity contribution is -0.0783. The second kappa shape index (κ2) is 5.45. The minimum Gasteiger partial charge on any atom is -0.368 e. The van der Waals surface area contributed by atoms with Crippen LogP contribution in [0.25, 0.3) is 0 Å². The molecule has 4 heteroatoms. The predicted octanol–water partition coefficient (Wildman–Crippen LogP) is 2.73. The Labute approximate surface area is 129 Å². The van der Waals surface area contributed by atoms with Crippen LogP contribution in [0.2, 0.25) is 0 Å². The molecule has 2 aliphatic heterocycles. The van der Waals surface area contributed by atoms with E-state index in [2.05, 4.69) is 58.2 Å². The molecule has 2 rings (SSSR count). The van der Waals surface area contributed by atoms with Crippen LogP contribution < -0.4 is 5.73 Å². The zero-order valence-electron chi connectivity index (χ0n) is 14.0. The van der Waals surface area contributed by atoms with Gasteiger partial charge in [-0.1, -0.05) is 13.8 Å². The Morgan fingerprint density at radius 3 is 2.30 bits per heavy atom. The van der Waals surface area contributed by atoms with Gasteiger partial charge in [-0.3, -0.25) is 0 Å². The lowest BCUT2D eigenvalue weighted by Crippen LogP contribution is -2.48. The van der Waals surface area contributed by atoms with Crippen LogP contribution in [0.3, 0.4) is 0 Å². The molecule has 0 bridgehead atoms. The maximum absolute atomic E-state index is 6.49. The SMILES string of the molecule is CC1(C)CCN(CC2C(N)C(C)(C)OC2(C)C)CCS1. The molecule has 0 spiro atoms. The predicted molar refractivity (Wildman–Crippen MR) is 88.3 cm³/mol. The molecule has 0 radical (unpaired) electrons. The Morgan fingerprint density at radius 1 is 1.10 bits per heavy atom. The average molecular weight is 301 g/mol. The molecule has 2 fully saturated rings. The zero-order chi connectivity index (χ0) is 15.2. The van der Waals surface area contributed by atoms with Gasteiger partial charge in [0.2, 0.25) is 0 Å². The summed E-state index contributed by atoms with van der Waals surface area (Å²) in [5.74, 6) is 1.63. The van der Waals surface area contributed by atoms with Crippen LogP contribution in [-0.4, -0.2) is 52.3 Å². The van der Waals surface area contributed by atoms with Crippen molar-refractivity contribution in [3.63, 3.8) is 0 Å². The summed E-state index contributed by atoms with van der Waals surface area (Å²) in [6.45, 7) is 16.8. The standard InChI is InChI=1S/C16H32N2OS/c1-14(2)7-8-18(9-10-20-14)11-12-13(17)16(5,6)19-15(12,3)4/h12-13H,7-11,17H2,1-6H3. The molecule has 2 heterocycles. The Kier molecular flexibility index (Phi) is 4.53. The molecule has 0 saturated carbocycles. The summed E-state index contributed by atoms with van der Waals surface area (Å²) in [4.78, 5) is 2.60. The van der Waals surface area contributed by atoms with Crippen molar-refractivity contribution in [3.05, 3.63) is 0 Å². The monoisotopic (exact) mass is 300 g/mol. The molecule has 0 aromatic heterocycles. The van der Waals surface area contributed by atoms with Gasteiger partial charge in [0.05, 0.1) is 11.2 Å². The van der Waals surface area contributed by atoms with Crippen molar-refractivity contribution >= 4 is 11.8 Å². The first kappa shape index (κ1) is 16.6. The molecule has 0 aliphatic carbocycles. The molecule has 20 heavy (non-hydrogen) atoms. The van der Waals surface area contributed by atoms with E-state index < -0.39 is 0 Å². The van der Waals surface area contributed by atoms with Crippen LogP contribution in [0.5, 0.6) is 0 Å². The second-order valence-corrected chi connectivity index (χ2v) is 9.90. The second-order valence-electron chi connectivity index (χ2n) is 8.10. The van der Waals surface area contributed by atoms with Gasteiger partial charge >= 0.3 is 0 Å². The summed E-state index contributed by atoms with van der Waals surface area (Å²) in [6, 6.07) is 0.112. The largest absolute Gasteiger partial charge is 0.368 e. The van der Waals surface area contributed by atoms with E-state index in [1.165, 1.54) is 25.3 Å². The Morgan fingerprint density at radius 2 is 1.75 bits per heavy atom. The van der Waals surface area contributed by atoms with E-state index in [4.69, 9.17) is 10.5 Å². The highest BCUT2D eigenvalue weighted by atomic mass is 32.2. The molecule has 2 saturated heterocycles. The molecule has 2 aliphatic rings. The lowest BCUT2D eigenvalue weighted by Gasteiger charge is -2.32. The quantitative estimate of drug-likeness (QED) is 0.851. The first-order valence-electron chi connectivity index (χ1n) is 7.86. The third-order valence-electron chi connectivity index (χ3n) is 5.04. The molecular formula is C16H32N2OS. The van der Waals surface area contributed by atoms with Gasteiger partial charge in [0.1, 0.15) is 0 Å². The van der Waals surface area contributed by atoms with Crippen molar-refractivity contribution < 1.29 is 4.74 Å². The Hall–Kier alpha value is 0.230. The van der Waals surface area contributed by atoms with Crippen molar-refractivity contribution in [2.45, 2.75) is 70.0 Å². The fourth-order valence-corrected chi connectivity index (χ4v) is 4.73. The van der Waals surface area contributed by atoms with Crippen LogP contribution in [0.1, 0.15) is 48.0 Å². The first-order valence-corrected chi connectivity index (χ1v) is 8.84. The number of thioether (sulfide) groups is 1. The van der Waals surface area contributed by atoms with Crippen LogP contribution in [0.4, 0.5) is 0 Å². The number of ether oxygens (including phenoxy) is 1. The van der Waals surface area contributed by atoms with Gasteiger partial charge < -0.3 is 15.4 Å². The molecule has 0 amide bonds. The minimum absolute atomic E-state index is 0.112. The van der Waals surface area contributed by atoms with Crippen LogP contribution in [0, 0.1) is 5.92 Å². The van der Waals surface area contributed by atoms with Gasteiger partial charge in [-0.2, -0.15) is 11.8 Å². The number of nitrogens with two attached hydrogens (primary N) is 1. The molecular weight excluding hydrogens is 268 g/mol. The highest BCUT2D eigenvalue weighted by Crippen LogP contribution is 2.42. The average Bonchev–Trinajstić information content (AvgIpc) is 2.41. The van der Waals surface area contributed by atoms with Crippen molar-refractivity contribution in [3.8, 4) is 0 Å². The topological polar surface area (TPSA) is 38.5 Å². The minimum atomic E-state index is -0.214. The highest BCUT2D eigenvalue weighted by molar-refractivity contribution is 8.00. The van der Waals surface area contributed by atoms with Crippen molar-refractivity contribution in [2.75, 3.05) is 25.4 Å². The summed E-state index contributed by atoms with van der Waals surface area (Å²) in [5, 5.41) is 0. The van der Waals surface area contributed by atoms with Gasteiger partial charge in [-0.25, -0.2) is 0 Å². The van der Waals surface area contributed by atoms with Gasteiger partial charge in [0.15, 0.2) is 0 Å². The third-order valence-corrected chi connectivity index (χ3v) is 6.41. The van der Waals surface area contributed by atoms with E-state index in [1.54, 1.807) is 0 Å². The maximum Gasteiger partial charge on any atom is 0.0788 e. The fraction of sp³-hybridized carbons (Fsp3) is 1.00. The number of rotatable bonds is 2. The van der Waals surface area contributed by atoms with Crippen LogP contribution in [0.15, 0.2) is 0 Å². The van der Waals surface area contributed by atoms with Crippen molar-refractivity contribution in [1.29, 1.82) is 0 Å². The van der Waals surface area contributed by atoms with Gasteiger partial charge in [-0.15, -0.1) is 0 Å². The van der Waals surface area contributed by atoms with Crippen LogP contribution >= 0.6 is 11.8 Å². The van der Waals surface area contributed by atoms with Gasteiger partial charge in [-0.05, 0) is 40.7 Å². The van der Waals surface area contributed by atoms with Crippen molar-refractivity contribution in [2.24, 2.45) is 11.7 Å². The maximum atomic E-state index is 6.49. The zero-order valence-corrected chi connectivity index (χ0v) is 14.8. The number of nitrogens with zero attached hydrogens (tertiary/aromatic N) is 1. The molecule has 2 N–H and O–H groups in total. The third kappa shape index (κ3) is 3.52. The first-order chi connectivity index (χ1) is 9.04. The van der Waals surface area contributed by atoms with E-state index >= 15 is 0 Å². The van der Waals surface area contributed by atoms with Crippen LogP contribution in [-0.2, 0) is 4.74 Å². The Balaban J connectivity index is 2.02. The smallest absolute Gasteiger partial charge is 0.0788 e. The van der Waals surface area contributed by atoms with E-state index in [1.807, 2.05) is 0 Å². The van der Waals surface area contributed by atoms with E-state index in [0.717, 1.165) is 6.54 Å². The van der Waals surface area contributed by atoms with E-state index in [9.17, 15) is 0 Å². The van der Waals surface area contributed by atoms with Crippen molar-refractivity contribution in [1.82, 2.24) is 4.90 Å². The normalized spacial score (nSPS) is 36.8. The lowest BCUT2D eigenvalue weighted by atomic mass is 9.82. The highest BCUT2D eigenvalue weighted by Gasteiger charge is 2.52. The molecule has 3 nitrogen and oxygen atoms in total. The van der Waals surface area contributed by atoms with Gasteiger partial charge in [0, 0.05) is 35.5 Å². The van der Waals surface area contributed by atoms with Gasteiger partial charge in [0.25, 0.3) is 0 Å². The summed E-state index contributed by atoms with van der Waals surface area (Å²) >= 11 is 2.10. The van der Waals surface area contributed by atoms with E-state index in [-0.39, 0.29) is 17.2 Å². The summed E-state index contributed by atoms with van der Waals surface area (Å²) < 4.78 is 6.63. The van der Waals surface area contributed by atoms with E-state index in [0.29, 0.717) is 10.7 Å². The summed E-state index contributed by atoms with van der Waals surface area (Å²) in [7, 11) is 0. The summed E-state index contributed by atoms with van der Waals surface area (Å²) in [5.41, 5.74) is 6.14. The number of hydrogen-bond acceptors (Lipinski definition) is 4. The number of hydrogen-bond donors (Lipinski definition) is 1. The Bertz CT molecular complexity index is 354. The molecule has 2 atom stereocenters. The molecule has 0 aromatic carbocycles. The molecule has 118 valence electrons.